The van der Waals surface area contributed by atoms with Crippen molar-refractivity contribution in [3.8, 4) is 0 Å². The third kappa shape index (κ3) is 3.92. The Kier molecular flexibility index (Phi) is 4.66. The number of nitrogens with one attached hydrogen (secondary N) is 2. The van der Waals surface area contributed by atoms with Crippen LogP contribution >= 0.6 is 11.8 Å². The summed E-state index contributed by atoms with van der Waals surface area (Å²) in [6, 6.07) is 7.59. The van der Waals surface area contributed by atoms with Crippen LogP contribution in [0.4, 0.5) is 5.69 Å². The first-order chi connectivity index (χ1) is 11.1. The molecule has 7 heteroatoms. The number of anilines is 1. The molecule has 2 aromatic rings. The van der Waals surface area contributed by atoms with Crippen molar-refractivity contribution in [3.05, 3.63) is 43.0 Å². The van der Waals surface area contributed by atoms with Gasteiger partial charge in [0.15, 0.2) is 0 Å². The first-order valence-corrected chi connectivity index (χ1v) is 8.31. The van der Waals surface area contributed by atoms with Gasteiger partial charge in [0.2, 0.25) is 11.8 Å². The topological polar surface area (TPSA) is 76.0 Å². The number of imidazole rings is 1. The zero-order valence-corrected chi connectivity index (χ0v) is 13.5. The molecule has 3 rings (SSSR count). The number of rotatable bonds is 5. The first-order valence-electron chi connectivity index (χ1n) is 7.43. The van der Waals surface area contributed by atoms with Gasteiger partial charge in [0, 0.05) is 36.3 Å². The molecule has 2 N–H and O–H groups in total. The molecule has 0 saturated carbocycles. The van der Waals surface area contributed by atoms with Gasteiger partial charge in [0.25, 0.3) is 0 Å². The predicted octanol–water partition coefficient (Wildman–Crippen LogP) is 1.89. The Hall–Kier alpha value is -2.28. The highest BCUT2D eigenvalue weighted by atomic mass is 32.2. The molecule has 0 spiro atoms. The van der Waals surface area contributed by atoms with Crippen LogP contribution in [0.15, 0.2) is 47.9 Å². The molecule has 23 heavy (non-hydrogen) atoms. The molecule has 1 aromatic carbocycles. The van der Waals surface area contributed by atoms with Gasteiger partial charge in [-0.1, -0.05) is 12.1 Å². The van der Waals surface area contributed by atoms with E-state index in [0.29, 0.717) is 6.54 Å². The van der Waals surface area contributed by atoms with Crippen LogP contribution in [0.2, 0.25) is 0 Å². The molecule has 0 aliphatic carbocycles. The highest BCUT2D eigenvalue weighted by Gasteiger charge is 2.29. The summed E-state index contributed by atoms with van der Waals surface area (Å²) in [4.78, 5) is 29.3. The minimum absolute atomic E-state index is 0.0272. The van der Waals surface area contributed by atoms with Gasteiger partial charge in [-0.05, 0) is 19.1 Å². The van der Waals surface area contributed by atoms with Crippen molar-refractivity contribution in [1.29, 1.82) is 0 Å². The van der Waals surface area contributed by atoms with Crippen molar-refractivity contribution >= 4 is 29.3 Å². The van der Waals surface area contributed by atoms with Crippen molar-refractivity contribution in [2.45, 2.75) is 36.1 Å². The number of thioether (sulfide) groups is 1. The molecule has 6 nitrogen and oxygen atoms in total. The van der Waals surface area contributed by atoms with Crippen LogP contribution in [0, 0.1) is 0 Å². The number of para-hydroxylation sites is 1. The molecule has 0 fully saturated rings. The fourth-order valence-electron chi connectivity index (χ4n) is 2.49. The molecule has 2 atom stereocenters. The van der Waals surface area contributed by atoms with Crippen LogP contribution in [0.3, 0.4) is 0 Å². The van der Waals surface area contributed by atoms with E-state index in [1.165, 1.54) is 11.8 Å². The summed E-state index contributed by atoms with van der Waals surface area (Å²) in [6.07, 6.45) is 5.43. The van der Waals surface area contributed by atoms with Crippen LogP contribution < -0.4 is 10.6 Å². The molecule has 2 heterocycles. The van der Waals surface area contributed by atoms with Gasteiger partial charge in [-0.25, -0.2) is 4.98 Å². The van der Waals surface area contributed by atoms with Crippen molar-refractivity contribution in [2.75, 3.05) is 5.32 Å². The number of carbonyl (C=O) groups excluding carboxylic acids is 2. The van der Waals surface area contributed by atoms with Crippen LogP contribution in [-0.2, 0) is 16.1 Å². The van der Waals surface area contributed by atoms with Crippen LogP contribution in [0.5, 0.6) is 0 Å². The lowest BCUT2D eigenvalue weighted by molar-refractivity contribution is -0.124. The number of hydrogen-bond donors (Lipinski definition) is 2. The van der Waals surface area contributed by atoms with E-state index in [1.54, 1.807) is 12.5 Å². The van der Waals surface area contributed by atoms with E-state index in [-0.39, 0.29) is 24.3 Å². The number of nitrogens with zero attached hydrogens (tertiary/aromatic N) is 2. The van der Waals surface area contributed by atoms with Crippen molar-refractivity contribution in [3.63, 3.8) is 0 Å². The zero-order chi connectivity index (χ0) is 16.2. The van der Waals surface area contributed by atoms with E-state index in [4.69, 9.17) is 0 Å². The lowest BCUT2D eigenvalue weighted by atomic mass is 10.2. The summed E-state index contributed by atoms with van der Waals surface area (Å²) in [5, 5.41) is 5.38. The molecule has 1 aromatic heterocycles. The molecular formula is C16H18N4O2S. The predicted molar refractivity (Wildman–Crippen MR) is 89.2 cm³/mol. The third-order valence-electron chi connectivity index (χ3n) is 3.53. The lowest BCUT2D eigenvalue weighted by Crippen LogP contribution is -2.39. The number of benzene rings is 1. The maximum absolute atomic E-state index is 12.2. The summed E-state index contributed by atoms with van der Waals surface area (Å²) in [5.74, 6) is -0.240. The van der Waals surface area contributed by atoms with Gasteiger partial charge in [-0.2, -0.15) is 0 Å². The molecular weight excluding hydrogens is 312 g/mol. The van der Waals surface area contributed by atoms with Crippen LogP contribution in [0.25, 0.3) is 0 Å². The highest BCUT2D eigenvalue weighted by molar-refractivity contribution is 8.01. The smallest absolute Gasteiger partial charge is 0.238 e. The van der Waals surface area contributed by atoms with E-state index in [2.05, 4.69) is 15.6 Å². The Morgan fingerprint density at radius 1 is 1.48 bits per heavy atom. The van der Waals surface area contributed by atoms with Crippen molar-refractivity contribution in [1.82, 2.24) is 14.9 Å². The number of amides is 2. The molecule has 2 amide bonds. The largest absolute Gasteiger partial charge is 0.352 e. The Bertz CT molecular complexity index is 702. The first kappa shape index (κ1) is 15.6. The maximum atomic E-state index is 12.2. The van der Waals surface area contributed by atoms with E-state index in [0.717, 1.165) is 10.6 Å². The van der Waals surface area contributed by atoms with Gasteiger partial charge in [0.05, 0.1) is 17.3 Å². The van der Waals surface area contributed by atoms with Crippen molar-refractivity contribution < 1.29 is 9.59 Å². The Balaban J connectivity index is 1.54. The summed E-state index contributed by atoms with van der Waals surface area (Å²) in [6.45, 7) is 2.58. The minimum Gasteiger partial charge on any atom is -0.352 e. The van der Waals surface area contributed by atoms with E-state index < -0.39 is 5.25 Å². The van der Waals surface area contributed by atoms with Gasteiger partial charge in [-0.15, -0.1) is 11.8 Å². The van der Waals surface area contributed by atoms with E-state index >= 15 is 0 Å². The average Bonchev–Trinajstić information content (AvgIpc) is 3.00. The fraction of sp³-hybridized carbons (Fsp3) is 0.312. The van der Waals surface area contributed by atoms with Crippen LogP contribution in [-0.4, -0.2) is 32.7 Å². The van der Waals surface area contributed by atoms with Gasteiger partial charge in [0.1, 0.15) is 0 Å². The molecule has 1 aliphatic heterocycles. The number of carbonyl (C=O) groups is 2. The normalized spacial score (nSPS) is 18.0. The maximum Gasteiger partial charge on any atom is 0.238 e. The lowest BCUT2D eigenvalue weighted by Gasteiger charge is -2.24. The second-order valence-electron chi connectivity index (χ2n) is 5.52. The SMILES string of the molecule is C[C@@H](Cn1ccnc1)NC(=O)C[C@H]1Sc2ccccc2NC1=O. The molecule has 120 valence electrons. The number of aromatic nitrogens is 2. The van der Waals surface area contributed by atoms with E-state index in [1.807, 2.05) is 42.0 Å². The fourth-order valence-corrected chi connectivity index (χ4v) is 3.60. The second kappa shape index (κ2) is 6.87. The quantitative estimate of drug-likeness (QED) is 0.878. The molecule has 0 saturated heterocycles. The van der Waals surface area contributed by atoms with E-state index in [9.17, 15) is 9.59 Å². The van der Waals surface area contributed by atoms with Gasteiger partial charge < -0.3 is 15.2 Å². The Morgan fingerprint density at radius 2 is 2.30 bits per heavy atom. The standard InChI is InChI=1S/C16H18N4O2S/c1-11(9-20-7-6-17-10-20)18-15(21)8-14-16(22)19-12-4-2-3-5-13(12)23-14/h2-7,10-11,14H,8-9H2,1H3,(H,18,21)(H,19,22)/t11-,14+/m0/s1. The third-order valence-corrected chi connectivity index (χ3v) is 4.80. The molecule has 0 bridgehead atoms. The molecule has 0 unspecified atom stereocenters. The highest BCUT2D eigenvalue weighted by Crippen LogP contribution is 2.36. The second-order valence-corrected chi connectivity index (χ2v) is 6.77. The number of fused-ring (bicyclic) bond motifs is 1. The summed E-state index contributed by atoms with van der Waals surface area (Å²) in [5.41, 5.74) is 0.813. The Labute approximate surface area is 138 Å². The zero-order valence-electron chi connectivity index (χ0n) is 12.7. The monoisotopic (exact) mass is 330 g/mol. The Morgan fingerprint density at radius 3 is 3.09 bits per heavy atom. The molecule has 0 radical (unpaired) electrons. The van der Waals surface area contributed by atoms with Gasteiger partial charge >= 0.3 is 0 Å². The summed E-state index contributed by atoms with van der Waals surface area (Å²) >= 11 is 1.44. The molecule has 1 aliphatic rings. The van der Waals surface area contributed by atoms with Crippen molar-refractivity contribution in [2.24, 2.45) is 0 Å². The average molecular weight is 330 g/mol. The van der Waals surface area contributed by atoms with Crippen LogP contribution in [0.1, 0.15) is 13.3 Å². The van der Waals surface area contributed by atoms with Gasteiger partial charge in [-0.3, -0.25) is 9.59 Å². The summed E-state index contributed by atoms with van der Waals surface area (Å²) < 4.78 is 1.91. The summed E-state index contributed by atoms with van der Waals surface area (Å²) in [7, 11) is 0. The number of hydrogen-bond acceptors (Lipinski definition) is 4. The minimum atomic E-state index is -0.398.